The molecule has 1 heterocycles. The highest BCUT2D eigenvalue weighted by Crippen LogP contribution is 2.35. The molecule has 0 aliphatic carbocycles. The normalized spacial score (nSPS) is 14.5. The Kier molecular flexibility index (Phi) is 3.46. The first kappa shape index (κ1) is 14.6. The molecule has 1 N–H and O–H groups in total. The molecule has 0 unspecified atom stereocenters. The van der Waals surface area contributed by atoms with Crippen LogP contribution in [-0.2, 0) is 4.74 Å². The zero-order chi connectivity index (χ0) is 16.6. The Morgan fingerprint density at radius 2 is 2.00 bits per heavy atom. The first-order chi connectivity index (χ1) is 11.0. The lowest BCUT2D eigenvalue weighted by Gasteiger charge is -2.04. The summed E-state index contributed by atoms with van der Waals surface area (Å²) in [4.78, 5) is 22.1. The Hall–Kier alpha value is -3.35. The second-order valence-corrected chi connectivity index (χ2v) is 4.82. The van der Waals surface area contributed by atoms with E-state index < -0.39 is 10.9 Å². The van der Waals surface area contributed by atoms with E-state index >= 15 is 0 Å². The summed E-state index contributed by atoms with van der Waals surface area (Å²) in [5.41, 5.74) is 1.10. The fourth-order valence-corrected chi connectivity index (χ4v) is 2.28. The second kappa shape index (κ2) is 5.45. The molecule has 0 saturated heterocycles. The average molecular weight is 313 g/mol. The number of carbonyl (C=O) groups is 1. The Labute approximate surface area is 130 Å². The lowest BCUT2D eigenvalue weighted by molar-refractivity contribution is -0.384. The number of aromatic hydroxyl groups is 1. The largest absolute Gasteiger partial charge is 0.504 e. The van der Waals surface area contributed by atoms with Gasteiger partial charge in [0.15, 0.2) is 11.5 Å². The summed E-state index contributed by atoms with van der Waals surface area (Å²) >= 11 is 0. The van der Waals surface area contributed by atoms with Crippen LogP contribution in [-0.4, -0.2) is 23.1 Å². The van der Waals surface area contributed by atoms with Crippen LogP contribution in [0.15, 0.2) is 36.4 Å². The molecule has 0 radical (unpaired) electrons. The maximum atomic E-state index is 11.9. The smallest absolute Gasteiger partial charge is 0.344 e. The second-order valence-electron chi connectivity index (χ2n) is 4.82. The first-order valence-corrected chi connectivity index (χ1v) is 6.59. The highest BCUT2D eigenvalue weighted by molar-refractivity contribution is 6.06. The number of phenolic OH excluding ortho intramolecular Hbond substituents is 1. The van der Waals surface area contributed by atoms with Crippen LogP contribution in [0.2, 0.25) is 0 Å². The van der Waals surface area contributed by atoms with Gasteiger partial charge in [0.25, 0.3) is 5.69 Å². The van der Waals surface area contributed by atoms with Crippen molar-refractivity contribution in [2.45, 2.75) is 0 Å². The van der Waals surface area contributed by atoms with Crippen LogP contribution >= 0.6 is 0 Å². The van der Waals surface area contributed by atoms with Gasteiger partial charge in [-0.2, -0.15) is 0 Å². The SMILES string of the molecule is COc1cc(C=C2OC(=O)c3cc([N+](=O)[O-])ccc32)ccc1O. The Balaban J connectivity index is 2.04. The van der Waals surface area contributed by atoms with Crippen LogP contribution in [0, 0.1) is 10.1 Å². The Morgan fingerprint density at radius 1 is 1.22 bits per heavy atom. The topological polar surface area (TPSA) is 98.9 Å². The molecular weight excluding hydrogens is 302 g/mol. The average Bonchev–Trinajstić information content (AvgIpc) is 2.85. The van der Waals surface area contributed by atoms with Gasteiger partial charge in [0.1, 0.15) is 5.76 Å². The molecule has 0 fully saturated rings. The maximum absolute atomic E-state index is 11.9. The van der Waals surface area contributed by atoms with Gasteiger partial charge in [-0.15, -0.1) is 0 Å². The third kappa shape index (κ3) is 2.59. The third-order valence-electron chi connectivity index (χ3n) is 3.40. The van der Waals surface area contributed by atoms with Crippen molar-refractivity contribution < 1.29 is 24.3 Å². The number of nitro benzene ring substituents is 1. The monoisotopic (exact) mass is 313 g/mol. The minimum Gasteiger partial charge on any atom is -0.504 e. The van der Waals surface area contributed by atoms with Crippen molar-refractivity contribution in [1.82, 2.24) is 0 Å². The van der Waals surface area contributed by atoms with E-state index in [0.29, 0.717) is 11.1 Å². The number of non-ortho nitro benzene ring substituents is 1. The highest BCUT2D eigenvalue weighted by Gasteiger charge is 2.28. The quantitative estimate of drug-likeness (QED) is 0.531. The molecule has 2 aromatic rings. The minimum atomic E-state index is -0.638. The predicted molar refractivity (Wildman–Crippen MR) is 81.0 cm³/mol. The standard InChI is InChI=1S/C16H11NO6/c1-22-15-7-9(2-5-13(15)18)6-14-11-4-3-10(17(20)21)8-12(11)16(19)23-14/h2-8,18H,1H3. The maximum Gasteiger partial charge on any atom is 0.344 e. The molecule has 7 nitrogen and oxygen atoms in total. The van der Waals surface area contributed by atoms with E-state index in [4.69, 9.17) is 9.47 Å². The molecule has 0 bridgehead atoms. The van der Waals surface area contributed by atoms with Gasteiger partial charge in [-0.05, 0) is 29.8 Å². The molecule has 3 rings (SSSR count). The number of methoxy groups -OCH3 is 1. The van der Waals surface area contributed by atoms with E-state index in [9.17, 15) is 20.0 Å². The molecule has 0 saturated carbocycles. The van der Waals surface area contributed by atoms with E-state index in [-0.39, 0.29) is 28.5 Å². The molecule has 116 valence electrons. The summed E-state index contributed by atoms with van der Waals surface area (Å²) in [7, 11) is 1.43. The van der Waals surface area contributed by atoms with Gasteiger partial charge in [0.05, 0.1) is 17.6 Å². The summed E-state index contributed by atoms with van der Waals surface area (Å²) in [5, 5.41) is 20.4. The van der Waals surface area contributed by atoms with Crippen molar-refractivity contribution in [3.8, 4) is 11.5 Å². The molecule has 0 atom stereocenters. The van der Waals surface area contributed by atoms with Crippen LogP contribution in [0.3, 0.4) is 0 Å². The van der Waals surface area contributed by atoms with Gasteiger partial charge < -0.3 is 14.6 Å². The summed E-state index contributed by atoms with van der Waals surface area (Å²) in [5.74, 6) is -0.0741. The van der Waals surface area contributed by atoms with E-state index in [1.54, 1.807) is 18.2 Å². The van der Waals surface area contributed by atoms with Gasteiger partial charge in [0, 0.05) is 17.7 Å². The summed E-state index contributed by atoms with van der Waals surface area (Å²) in [6.07, 6.45) is 1.59. The van der Waals surface area contributed by atoms with Crippen molar-refractivity contribution in [2.75, 3.05) is 7.11 Å². The fourth-order valence-electron chi connectivity index (χ4n) is 2.28. The van der Waals surface area contributed by atoms with E-state index in [1.807, 2.05) is 0 Å². The van der Waals surface area contributed by atoms with Crippen molar-refractivity contribution in [3.05, 3.63) is 63.2 Å². The first-order valence-electron chi connectivity index (χ1n) is 6.59. The number of phenols is 1. The van der Waals surface area contributed by atoms with Gasteiger partial charge in [-0.3, -0.25) is 10.1 Å². The number of carbonyl (C=O) groups excluding carboxylic acids is 1. The minimum absolute atomic E-state index is 0.00547. The molecule has 1 aliphatic rings. The van der Waals surface area contributed by atoms with Crippen LogP contribution < -0.4 is 4.74 Å². The van der Waals surface area contributed by atoms with Crippen LogP contribution in [0.5, 0.6) is 11.5 Å². The van der Waals surface area contributed by atoms with Gasteiger partial charge >= 0.3 is 5.97 Å². The number of fused-ring (bicyclic) bond motifs is 1. The van der Waals surface area contributed by atoms with Crippen LogP contribution in [0.4, 0.5) is 5.69 Å². The molecule has 2 aromatic carbocycles. The Morgan fingerprint density at radius 3 is 2.70 bits per heavy atom. The summed E-state index contributed by atoms with van der Waals surface area (Å²) in [6, 6.07) is 8.64. The fraction of sp³-hybridized carbons (Fsp3) is 0.0625. The van der Waals surface area contributed by atoms with Gasteiger partial charge in [-0.1, -0.05) is 6.07 Å². The number of rotatable bonds is 3. The number of nitro groups is 1. The molecule has 0 aromatic heterocycles. The lowest BCUT2D eigenvalue weighted by atomic mass is 10.1. The molecule has 1 aliphatic heterocycles. The van der Waals surface area contributed by atoms with Gasteiger partial charge in [-0.25, -0.2) is 4.79 Å². The van der Waals surface area contributed by atoms with E-state index in [2.05, 4.69) is 0 Å². The number of hydrogen-bond acceptors (Lipinski definition) is 6. The Bertz CT molecular complexity index is 856. The number of hydrogen-bond donors (Lipinski definition) is 1. The lowest BCUT2D eigenvalue weighted by Crippen LogP contribution is -1.95. The predicted octanol–water partition coefficient (Wildman–Crippen LogP) is 2.98. The van der Waals surface area contributed by atoms with Crippen LogP contribution in [0.1, 0.15) is 21.5 Å². The molecule has 7 heteroatoms. The van der Waals surface area contributed by atoms with Crippen molar-refractivity contribution in [1.29, 1.82) is 0 Å². The van der Waals surface area contributed by atoms with Crippen molar-refractivity contribution in [2.24, 2.45) is 0 Å². The molecule has 0 amide bonds. The zero-order valence-corrected chi connectivity index (χ0v) is 12.0. The van der Waals surface area contributed by atoms with Crippen LogP contribution in [0.25, 0.3) is 11.8 Å². The highest BCUT2D eigenvalue weighted by atomic mass is 16.6. The van der Waals surface area contributed by atoms with Gasteiger partial charge in [0.2, 0.25) is 0 Å². The third-order valence-corrected chi connectivity index (χ3v) is 3.40. The molecule has 23 heavy (non-hydrogen) atoms. The van der Waals surface area contributed by atoms with E-state index in [1.165, 1.54) is 31.4 Å². The molecular formula is C16H11NO6. The number of cyclic esters (lactones) is 1. The van der Waals surface area contributed by atoms with E-state index in [0.717, 1.165) is 0 Å². The number of esters is 1. The number of nitrogens with zero attached hydrogens (tertiary/aromatic N) is 1. The summed E-state index contributed by atoms with van der Waals surface area (Å²) < 4.78 is 10.2. The number of benzene rings is 2. The summed E-state index contributed by atoms with van der Waals surface area (Å²) in [6.45, 7) is 0. The van der Waals surface area contributed by atoms with Crippen molar-refractivity contribution in [3.63, 3.8) is 0 Å². The zero-order valence-electron chi connectivity index (χ0n) is 12.0. The molecule has 0 spiro atoms. The number of ether oxygens (including phenoxy) is 2. The van der Waals surface area contributed by atoms with Crippen molar-refractivity contribution >= 4 is 23.5 Å².